The van der Waals surface area contributed by atoms with Crippen LogP contribution in [0.4, 0.5) is 0 Å². The van der Waals surface area contributed by atoms with Crippen molar-refractivity contribution >= 4 is 12.0 Å². The third-order valence-corrected chi connectivity index (χ3v) is 2.14. The summed E-state index contributed by atoms with van der Waals surface area (Å²) in [6, 6.07) is 5.67. The molecule has 0 aliphatic carbocycles. The van der Waals surface area contributed by atoms with Crippen molar-refractivity contribution in [3.05, 3.63) is 47.6 Å². The summed E-state index contributed by atoms with van der Waals surface area (Å²) in [6.45, 7) is 4.35. The van der Waals surface area contributed by atoms with E-state index in [0.29, 0.717) is 12.4 Å². The molecule has 0 fully saturated rings. The van der Waals surface area contributed by atoms with Crippen LogP contribution in [0.25, 0.3) is 6.08 Å². The number of rotatable bonds is 5. The van der Waals surface area contributed by atoms with E-state index in [1.165, 1.54) is 0 Å². The molecule has 0 heterocycles. The molecule has 90 valence electrons. The molecule has 0 saturated carbocycles. The Bertz CT molecular complexity index is 445. The van der Waals surface area contributed by atoms with Gasteiger partial charge in [-0.25, -0.2) is 4.79 Å². The number of hydrogen-bond acceptors (Lipinski definition) is 2. The number of allylic oxidation sites excluding steroid dienone is 1. The third-order valence-electron chi connectivity index (χ3n) is 2.14. The van der Waals surface area contributed by atoms with E-state index in [-0.39, 0.29) is 0 Å². The Morgan fingerprint density at radius 2 is 2.24 bits per heavy atom. The van der Waals surface area contributed by atoms with Crippen molar-refractivity contribution in [1.29, 1.82) is 0 Å². The normalized spacial score (nSPS) is 11.2. The average molecular weight is 232 g/mol. The average Bonchev–Trinajstić information content (AvgIpc) is 2.29. The predicted octanol–water partition coefficient (Wildman–Crippen LogP) is 3.05. The molecule has 1 aromatic carbocycles. The van der Waals surface area contributed by atoms with Gasteiger partial charge in [0.15, 0.2) is 0 Å². The Labute approximate surface area is 101 Å². The summed E-state index contributed by atoms with van der Waals surface area (Å²) in [5.41, 5.74) is 1.84. The maximum Gasteiger partial charge on any atom is 0.328 e. The number of ether oxygens (including phenoxy) is 1. The van der Waals surface area contributed by atoms with Crippen molar-refractivity contribution in [2.75, 3.05) is 6.61 Å². The number of carboxylic acids is 1. The minimum atomic E-state index is -0.967. The van der Waals surface area contributed by atoms with Crippen molar-refractivity contribution in [3.8, 4) is 5.75 Å². The van der Waals surface area contributed by atoms with E-state index in [0.717, 1.165) is 17.2 Å². The van der Waals surface area contributed by atoms with Crippen LogP contribution in [-0.2, 0) is 4.79 Å². The molecule has 3 nitrogen and oxygen atoms in total. The van der Waals surface area contributed by atoms with Crippen molar-refractivity contribution in [2.24, 2.45) is 0 Å². The fourth-order valence-electron chi connectivity index (χ4n) is 1.32. The van der Waals surface area contributed by atoms with E-state index in [4.69, 9.17) is 9.84 Å². The van der Waals surface area contributed by atoms with Crippen LogP contribution >= 0.6 is 0 Å². The minimum Gasteiger partial charge on any atom is -0.489 e. The zero-order valence-electron chi connectivity index (χ0n) is 10.0. The van der Waals surface area contributed by atoms with Crippen LogP contribution in [0.2, 0.25) is 0 Å². The highest BCUT2D eigenvalue weighted by molar-refractivity contribution is 5.85. The van der Waals surface area contributed by atoms with Crippen LogP contribution in [-0.4, -0.2) is 17.7 Å². The van der Waals surface area contributed by atoms with Gasteiger partial charge < -0.3 is 9.84 Å². The molecule has 17 heavy (non-hydrogen) atoms. The molecule has 0 aliphatic rings. The van der Waals surface area contributed by atoms with Crippen LogP contribution in [0, 0.1) is 6.92 Å². The van der Waals surface area contributed by atoms with Crippen LogP contribution in [0.1, 0.15) is 18.1 Å². The zero-order chi connectivity index (χ0) is 12.7. The summed E-state index contributed by atoms with van der Waals surface area (Å²) in [5, 5.41) is 8.61. The first-order valence-electron chi connectivity index (χ1n) is 5.39. The lowest BCUT2D eigenvalue weighted by Crippen LogP contribution is -1.96. The van der Waals surface area contributed by atoms with Crippen LogP contribution in [0.15, 0.2) is 36.4 Å². The SMILES string of the molecule is CC=CCOc1ccc(C)cc1C=CC(=O)O. The van der Waals surface area contributed by atoms with Gasteiger partial charge in [-0.1, -0.05) is 23.8 Å². The van der Waals surface area contributed by atoms with E-state index in [9.17, 15) is 4.79 Å². The molecule has 0 atom stereocenters. The molecule has 1 aromatic rings. The van der Waals surface area contributed by atoms with Crippen LogP contribution in [0.3, 0.4) is 0 Å². The number of carbonyl (C=O) groups is 1. The maximum absolute atomic E-state index is 10.5. The Hall–Kier alpha value is -2.03. The quantitative estimate of drug-likeness (QED) is 0.627. The highest BCUT2D eigenvalue weighted by Crippen LogP contribution is 2.21. The third kappa shape index (κ3) is 4.55. The van der Waals surface area contributed by atoms with Crippen molar-refractivity contribution in [2.45, 2.75) is 13.8 Å². The lowest BCUT2D eigenvalue weighted by molar-refractivity contribution is -0.131. The standard InChI is InChI=1S/C14H16O3/c1-3-4-9-17-13-7-5-11(2)10-12(13)6-8-14(15)16/h3-8,10H,9H2,1-2H3,(H,15,16). The topological polar surface area (TPSA) is 46.5 Å². The molecule has 0 saturated heterocycles. The number of hydrogen-bond donors (Lipinski definition) is 1. The molecule has 3 heteroatoms. The molecular weight excluding hydrogens is 216 g/mol. The smallest absolute Gasteiger partial charge is 0.328 e. The van der Waals surface area contributed by atoms with Crippen molar-refractivity contribution in [1.82, 2.24) is 0 Å². The molecular formula is C14H16O3. The van der Waals surface area contributed by atoms with E-state index >= 15 is 0 Å². The molecule has 0 aromatic heterocycles. The Kier molecular flexibility index (Phi) is 5.01. The van der Waals surface area contributed by atoms with Gasteiger partial charge >= 0.3 is 5.97 Å². The fraction of sp³-hybridized carbons (Fsp3) is 0.214. The van der Waals surface area contributed by atoms with Crippen LogP contribution in [0.5, 0.6) is 5.75 Å². The van der Waals surface area contributed by atoms with Crippen LogP contribution < -0.4 is 4.74 Å². The van der Waals surface area contributed by atoms with Gasteiger partial charge in [0.1, 0.15) is 12.4 Å². The number of benzene rings is 1. The van der Waals surface area contributed by atoms with Crippen molar-refractivity contribution in [3.63, 3.8) is 0 Å². The first-order valence-corrected chi connectivity index (χ1v) is 5.39. The Morgan fingerprint density at radius 3 is 2.88 bits per heavy atom. The summed E-state index contributed by atoms with van der Waals surface area (Å²) in [4.78, 5) is 10.5. The molecule has 1 rings (SSSR count). The summed E-state index contributed by atoms with van der Waals surface area (Å²) in [6.07, 6.45) is 6.45. The Balaban J connectivity index is 2.91. The molecule has 0 radical (unpaired) electrons. The summed E-state index contributed by atoms with van der Waals surface area (Å²) < 4.78 is 5.53. The van der Waals surface area contributed by atoms with Crippen molar-refractivity contribution < 1.29 is 14.6 Å². The zero-order valence-corrected chi connectivity index (χ0v) is 10.0. The van der Waals surface area contributed by atoms with Gasteiger partial charge in [0, 0.05) is 11.6 Å². The Morgan fingerprint density at radius 1 is 1.47 bits per heavy atom. The predicted molar refractivity (Wildman–Crippen MR) is 68.2 cm³/mol. The highest BCUT2D eigenvalue weighted by Gasteiger charge is 2.01. The lowest BCUT2D eigenvalue weighted by Gasteiger charge is -2.08. The van der Waals surface area contributed by atoms with Gasteiger partial charge in [0.25, 0.3) is 0 Å². The van der Waals surface area contributed by atoms with Gasteiger partial charge in [-0.3, -0.25) is 0 Å². The van der Waals surface area contributed by atoms with E-state index in [1.807, 2.05) is 44.2 Å². The van der Waals surface area contributed by atoms with Gasteiger partial charge in [-0.2, -0.15) is 0 Å². The second kappa shape index (κ2) is 6.53. The highest BCUT2D eigenvalue weighted by atomic mass is 16.5. The van der Waals surface area contributed by atoms with Gasteiger partial charge in [-0.05, 0) is 32.1 Å². The maximum atomic E-state index is 10.5. The monoisotopic (exact) mass is 232 g/mol. The number of aliphatic carboxylic acids is 1. The minimum absolute atomic E-state index is 0.480. The molecule has 0 spiro atoms. The van der Waals surface area contributed by atoms with Gasteiger partial charge in [-0.15, -0.1) is 0 Å². The molecule has 0 aliphatic heterocycles. The van der Waals surface area contributed by atoms with E-state index < -0.39 is 5.97 Å². The summed E-state index contributed by atoms with van der Waals surface area (Å²) in [7, 11) is 0. The number of aryl methyl sites for hydroxylation is 1. The number of carboxylic acid groups (broad SMARTS) is 1. The largest absolute Gasteiger partial charge is 0.489 e. The van der Waals surface area contributed by atoms with E-state index in [1.54, 1.807) is 6.08 Å². The first kappa shape index (κ1) is 13.0. The second-order valence-electron chi connectivity index (χ2n) is 3.59. The first-order chi connectivity index (χ1) is 8.13. The molecule has 0 unspecified atom stereocenters. The second-order valence-corrected chi connectivity index (χ2v) is 3.59. The summed E-state index contributed by atoms with van der Waals surface area (Å²) >= 11 is 0. The lowest BCUT2D eigenvalue weighted by atomic mass is 10.1. The fourth-order valence-corrected chi connectivity index (χ4v) is 1.32. The molecule has 1 N–H and O–H groups in total. The summed E-state index contributed by atoms with van der Waals surface area (Å²) in [5.74, 6) is -0.280. The van der Waals surface area contributed by atoms with E-state index in [2.05, 4.69) is 0 Å². The molecule has 0 bridgehead atoms. The molecule has 0 amide bonds. The van der Waals surface area contributed by atoms with Gasteiger partial charge in [0.05, 0.1) is 0 Å². The van der Waals surface area contributed by atoms with Gasteiger partial charge in [0.2, 0.25) is 0 Å².